The van der Waals surface area contributed by atoms with Crippen LogP contribution in [0.3, 0.4) is 0 Å². The van der Waals surface area contributed by atoms with Gasteiger partial charge in [-0.25, -0.2) is 8.42 Å². The molecule has 0 aliphatic carbocycles. The molecular formula is C15H20N2O2S2. The van der Waals surface area contributed by atoms with Crippen LogP contribution in [0, 0.1) is 0 Å². The Labute approximate surface area is 130 Å². The smallest absolute Gasteiger partial charge is 0.252 e. The summed E-state index contributed by atoms with van der Waals surface area (Å²) in [5.74, 6) is 0. The van der Waals surface area contributed by atoms with E-state index in [0.29, 0.717) is 23.3 Å². The Hall–Kier alpha value is -1.11. The quantitative estimate of drug-likeness (QED) is 0.867. The maximum atomic E-state index is 12.6. The molecule has 0 N–H and O–H groups in total. The van der Waals surface area contributed by atoms with Crippen LogP contribution >= 0.6 is 11.3 Å². The van der Waals surface area contributed by atoms with Gasteiger partial charge in [0, 0.05) is 36.4 Å². The molecule has 0 saturated carbocycles. The van der Waals surface area contributed by atoms with Gasteiger partial charge in [0.15, 0.2) is 0 Å². The minimum absolute atomic E-state index is 0.418. The Morgan fingerprint density at radius 2 is 1.86 bits per heavy atom. The van der Waals surface area contributed by atoms with Crippen LogP contribution in [0.4, 0.5) is 0 Å². The van der Waals surface area contributed by atoms with Crippen LogP contribution < -0.4 is 0 Å². The fraction of sp³-hybridized carbons (Fsp3) is 0.467. The van der Waals surface area contributed by atoms with Gasteiger partial charge in [0.1, 0.15) is 4.21 Å². The van der Waals surface area contributed by atoms with Gasteiger partial charge in [0.05, 0.1) is 0 Å². The summed E-state index contributed by atoms with van der Waals surface area (Å²) in [6.07, 6.45) is 6.75. The third-order valence-corrected chi connectivity index (χ3v) is 7.65. The van der Waals surface area contributed by atoms with Crippen molar-refractivity contribution in [2.45, 2.75) is 36.4 Å². The minimum atomic E-state index is -3.30. The molecule has 0 unspecified atom stereocenters. The van der Waals surface area contributed by atoms with E-state index in [1.54, 1.807) is 10.4 Å². The first kappa shape index (κ1) is 14.8. The molecule has 3 heterocycles. The Morgan fingerprint density at radius 3 is 2.43 bits per heavy atom. The second kappa shape index (κ2) is 5.94. The summed E-state index contributed by atoms with van der Waals surface area (Å²) >= 11 is 1.40. The normalized spacial score (nSPS) is 18.1. The monoisotopic (exact) mass is 324 g/mol. The largest absolute Gasteiger partial charge is 0.351 e. The van der Waals surface area contributed by atoms with Crippen LogP contribution in [0.5, 0.6) is 0 Å². The van der Waals surface area contributed by atoms with Gasteiger partial charge < -0.3 is 4.57 Å². The Morgan fingerprint density at radius 1 is 1.19 bits per heavy atom. The molecule has 1 saturated heterocycles. The molecule has 1 fully saturated rings. The fourth-order valence-corrected chi connectivity index (χ4v) is 5.71. The summed E-state index contributed by atoms with van der Waals surface area (Å²) in [6.45, 7) is 3.25. The van der Waals surface area contributed by atoms with E-state index in [4.69, 9.17) is 0 Å². The van der Waals surface area contributed by atoms with Crippen molar-refractivity contribution in [2.24, 2.45) is 0 Å². The Bertz CT molecular complexity index is 681. The summed E-state index contributed by atoms with van der Waals surface area (Å²) in [7, 11) is -3.30. The molecule has 21 heavy (non-hydrogen) atoms. The highest BCUT2D eigenvalue weighted by atomic mass is 32.2. The summed E-state index contributed by atoms with van der Waals surface area (Å²) < 4.78 is 29.6. The molecule has 0 bridgehead atoms. The van der Waals surface area contributed by atoms with Gasteiger partial charge >= 0.3 is 0 Å². The number of piperidine rings is 1. The second-order valence-electron chi connectivity index (χ2n) is 5.34. The molecule has 2 aromatic heterocycles. The standard InChI is InChI=1S/C15H20N2O2S2/c1-2-14-5-6-15(20-14)21(18,19)17-11-7-13(8-12-17)16-9-3-4-10-16/h3-6,9-10,13H,2,7-8,11-12H2,1H3. The number of thiophene rings is 1. The van der Waals surface area contributed by atoms with E-state index in [1.165, 1.54) is 11.3 Å². The van der Waals surface area contributed by atoms with E-state index in [9.17, 15) is 8.42 Å². The Kier molecular flexibility index (Phi) is 4.19. The van der Waals surface area contributed by atoms with Crippen molar-refractivity contribution in [3.63, 3.8) is 0 Å². The predicted molar refractivity (Wildman–Crippen MR) is 85.2 cm³/mol. The van der Waals surface area contributed by atoms with E-state index in [2.05, 4.69) is 17.0 Å². The first-order chi connectivity index (χ1) is 10.1. The van der Waals surface area contributed by atoms with E-state index in [1.807, 2.05) is 25.1 Å². The lowest BCUT2D eigenvalue weighted by atomic mass is 10.1. The van der Waals surface area contributed by atoms with Gasteiger partial charge in [-0.15, -0.1) is 11.3 Å². The Balaban J connectivity index is 1.71. The van der Waals surface area contributed by atoms with Gasteiger partial charge in [-0.1, -0.05) is 6.92 Å². The minimum Gasteiger partial charge on any atom is -0.351 e. The average molecular weight is 324 g/mol. The van der Waals surface area contributed by atoms with Crippen molar-refractivity contribution in [1.82, 2.24) is 8.87 Å². The number of sulfonamides is 1. The van der Waals surface area contributed by atoms with Gasteiger partial charge in [-0.2, -0.15) is 4.31 Å². The van der Waals surface area contributed by atoms with E-state index >= 15 is 0 Å². The highest BCUT2D eigenvalue weighted by molar-refractivity contribution is 7.91. The lowest BCUT2D eigenvalue weighted by Crippen LogP contribution is -2.38. The first-order valence-electron chi connectivity index (χ1n) is 7.32. The molecule has 114 valence electrons. The molecule has 4 nitrogen and oxygen atoms in total. The molecule has 0 atom stereocenters. The summed E-state index contributed by atoms with van der Waals surface area (Å²) in [5.41, 5.74) is 0. The highest BCUT2D eigenvalue weighted by Gasteiger charge is 2.30. The van der Waals surface area contributed by atoms with Gasteiger partial charge in [-0.3, -0.25) is 0 Å². The summed E-state index contributed by atoms with van der Waals surface area (Å²) in [4.78, 5) is 1.12. The number of nitrogens with zero attached hydrogens (tertiary/aromatic N) is 2. The van der Waals surface area contributed by atoms with Gasteiger partial charge in [0.25, 0.3) is 10.0 Å². The zero-order valence-electron chi connectivity index (χ0n) is 12.1. The van der Waals surface area contributed by atoms with Crippen molar-refractivity contribution < 1.29 is 8.42 Å². The predicted octanol–water partition coefficient (Wildman–Crippen LogP) is 3.14. The number of hydrogen-bond donors (Lipinski definition) is 0. The zero-order chi connectivity index (χ0) is 14.9. The molecule has 2 aromatic rings. The van der Waals surface area contributed by atoms with Crippen LogP contribution in [0.25, 0.3) is 0 Å². The number of hydrogen-bond acceptors (Lipinski definition) is 3. The SMILES string of the molecule is CCc1ccc(S(=O)(=O)N2CCC(n3cccc3)CC2)s1. The van der Waals surface area contributed by atoms with E-state index in [-0.39, 0.29) is 0 Å². The number of rotatable bonds is 4. The van der Waals surface area contributed by atoms with Crippen molar-refractivity contribution in [1.29, 1.82) is 0 Å². The van der Waals surface area contributed by atoms with Crippen molar-refractivity contribution in [2.75, 3.05) is 13.1 Å². The van der Waals surface area contributed by atoms with Crippen LogP contribution in [-0.4, -0.2) is 30.4 Å². The molecule has 6 heteroatoms. The van der Waals surface area contributed by atoms with Gasteiger partial charge in [0.2, 0.25) is 0 Å². The molecule has 1 aliphatic heterocycles. The third-order valence-electron chi connectivity index (χ3n) is 4.05. The number of aromatic nitrogens is 1. The second-order valence-corrected chi connectivity index (χ2v) is 8.67. The molecule has 0 amide bonds. The van der Waals surface area contributed by atoms with E-state index in [0.717, 1.165) is 24.1 Å². The first-order valence-corrected chi connectivity index (χ1v) is 9.58. The van der Waals surface area contributed by atoms with Crippen LogP contribution in [-0.2, 0) is 16.4 Å². The van der Waals surface area contributed by atoms with Crippen molar-refractivity contribution in [3.8, 4) is 0 Å². The van der Waals surface area contributed by atoms with Crippen LogP contribution in [0.1, 0.15) is 30.7 Å². The average Bonchev–Trinajstić information content (AvgIpc) is 3.19. The molecule has 3 rings (SSSR count). The molecule has 0 aromatic carbocycles. The fourth-order valence-electron chi connectivity index (χ4n) is 2.79. The molecule has 0 spiro atoms. The summed E-state index contributed by atoms with van der Waals surface area (Å²) in [5, 5.41) is 0. The molecule has 0 radical (unpaired) electrons. The van der Waals surface area contributed by atoms with Crippen molar-refractivity contribution in [3.05, 3.63) is 41.5 Å². The molecule has 1 aliphatic rings. The van der Waals surface area contributed by atoms with Gasteiger partial charge in [-0.05, 0) is 43.5 Å². The van der Waals surface area contributed by atoms with E-state index < -0.39 is 10.0 Å². The topological polar surface area (TPSA) is 42.3 Å². The highest BCUT2D eigenvalue weighted by Crippen LogP contribution is 2.30. The maximum Gasteiger partial charge on any atom is 0.252 e. The molecular weight excluding hydrogens is 304 g/mol. The number of aryl methyl sites for hydroxylation is 1. The maximum absolute atomic E-state index is 12.6. The third kappa shape index (κ3) is 2.93. The van der Waals surface area contributed by atoms with Crippen LogP contribution in [0.2, 0.25) is 0 Å². The van der Waals surface area contributed by atoms with Crippen LogP contribution in [0.15, 0.2) is 40.9 Å². The summed E-state index contributed by atoms with van der Waals surface area (Å²) in [6, 6.07) is 8.12. The zero-order valence-corrected chi connectivity index (χ0v) is 13.7. The lowest BCUT2D eigenvalue weighted by Gasteiger charge is -2.31. The lowest BCUT2D eigenvalue weighted by molar-refractivity contribution is 0.274. The van der Waals surface area contributed by atoms with Crippen molar-refractivity contribution >= 4 is 21.4 Å².